The molecule has 0 aliphatic heterocycles. The number of nitrogens with one attached hydrogen (secondary N) is 1. The second-order valence-electron chi connectivity index (χ2n) is 3.28. The fourth-order valence-corrected chi connectivity index (χ4v) is 1.78. The molecule has 78 valence electrons. The lowest BCUT2D eigenvalue weighted by Gasteiger charge is -2.01. The highest BCUT2D eigenvalue weighted by atomic mass is 79.9. The van der Waals surface area contributed by atoms with Crippen molar-refractivity contribution in [2.24, 2.45) is 5.73 Å². The molecule has 0 aliphatic rings. The van der Waals surface area contributed by atoms with E-state index in [1.165, 1.54) is 0 Å². The zero-order valence-electron chi connectivity index (χ0n) is 8.20. The van der Waals surface area contributed by atoms with Crippen LogP contribution < -0.4 is 5.73 Å². The monoisotopic (exact) mass is 265 g/mol. The minimum Gasteiger partial charge on any atom is -0.348 e. The third-order valence-electron chi connectivity index (χ3n) is 2.23. The SMILES string of the molecule is NCCc1[nH]cnc1-c1ccc(Br)cc1. The van der Waals surface area contributed by atoms with Crippen molar-refractivity contribution in [1.82, 2.24) is 9.97 Å². The van der Waals surface area contributed by atoms with Gasteiger partial charge in [0, 0.05) is 22.2 Å². The Kier molecular flexibility index (Phi) is 3.18. The molecule has 0 spiro atoms. The molecule has 0 atom stereocenters. The summed E-state index contributed by atoms with van der Waals surface area (Å²) in [5.41, 5.74) is 8.74. The zero-order chi connectivity index (χ0) is 10.7. The van der Waals surface area contributed by atoms with Crippen LogP contribution in [0.1, 0.15) is 5.69 Å². The van der Waals surface area contributed by atoms with Gasteiger partial charge in [-0.3, -0.25) is 0 Å². The predicted octanol–water partition coefficient (Wildman–Crippen LogP) is 2.34. The Morgan fingerprint density at radius 1 is 1.27 bits per heavy atom. The van der Waals surface area contributed by atoms with Crippen LogP contribution in [0, 0.1) is 0 Å². The van der Waals surface area contributed by atoms with Gasteiger partial charge in [-0.05, 0) is 18.7 Å². The van der Waals surface area contributed by atoms with Gasteiger partial charge in [-0.15, -0.1) is 0 Å². The first-order valence-electron chi connectivity index (χ1n) is 4.79. The zero-order valence-corrected chi connectivity index (χ0v) is 9.79. The first-order valence-corrected chi connectivity index (χ1v) is 5.59. The number of benzene rings is 1. The number of rotatable bonds is 3. The van der Waals surface area contributed by atoms with E-state index in [-0.39, 0.29) is 0 Å². The highest BCUT2D eigenvalue weighted by Crippen LogP contribution is 2.22. The number of nitrogens with two attached hydrogens (primary N) is 1. The lowest BCUT2D eigenvalue weighted by Crippen LogP contribution is -2.03. The minimum atomic E-state index is 0.631. The minimum absolute atomic E-state index is 0.631. The molecule has 0 aliphatic carbocycles. The van der Waals surface area contributed by atoms with E-state index in [2.05, 4.69) is 25.9 Å². The van der Waals surface area contributed by atoms with Crippen LogP contribution in [0.3, 0.4) is 0 Å². The number of hydrogen-bond acceptors (Lipinski definition) is 2. The van der Waals surface area contributed by atoms with E-state index in [1.807, 2.05) is 24.3 Å². The molecule has 0 unspecified atom stereocenters. The molecule has 3 nitrogen and oxygen atoms in total. The fraction of sp³-hybridized carbons (Fsp3) is 0.182. The smallest absolute Gasteiger partial charge is 0.0929 e. The molecule has 3 N–H and O–H groups in total. The predicted molar refractivity (Wildman–Crippen MR) is 64.5 cm³/mol. The Hall–Kier alpha value is -1.13. The van der Waals surface area contributed by atoms with Crippen molar-refractivity contribution in [2.75, 3.05) is 6.54 Å². The number of aromatic nitrogens is 2. The molecule has 1 heterocycles. The first-order chi connectivity index (χ1) is 7.31. The lowest BCUT2D eigenvalue weighted by molar-refractivity contribution is 0.937. The second-order valence-corrected chi connectivity index (χ2v) is 4.19. The molecule has 0 saturated carbocycles. The van der Waals surface area contributed by atoms with Crippen molar-refractivity contribution >= 4 is 15.9 Å². The molecule has 1 aromatic heterocycles. The molecule has 15 heavy (non-hydrogen) atoms. The molecule has 2 aromatic rings. The van der Waals surface area contributed by atoms with E-state index >= 15 is 0 Å². The van der Waals surface area contributed by atoms with Crippen LogP contribution in [-0.4, -0.2) is 16.5 Å². The summed E-state index contributed by atoms with van der Waals surface area (Å²) in [6.07, 6.45) is 2.54. The highest BCUT2D eigenvalue weighted by Gasteiger charge is 2.06. The molecule has 2 rings (SSSR count). The summed E-state index contributed by atoms with van der Waals surface area (Å²) < 4.78 is 1.07. The molecule has 0 amide bonds. The van der Waals surface area contributed by atoms with Gasteiger partial charge in [-0.2, -0.15) is 0 Å². The van der Waals surface area contributed by atoms with Gasteiger partial charge in [0.15, 0.2) is 0 Å². The molecule has 0 fully saturated rings. The van der Waals surface area contributed by atoms with Gasteiger partial charge in [-0.25, -0.2) is 4.98 Å². The van der Waals surface area contributed by atoms with E-state index in [0.717, 1.165) is 27.8 Å². The first kappa shape index (κ1) is 10.4. The maximum atomic E-state index is 5.54. The quantitative estimate of drug-likeness (QED) is 0.895. The van der Waals surface area contributed by atoms with Crippen molar-refractivity contribution in [3.8, 4) is 11.3 Å². The number of nitrogens with zero attached hydrogens (tertiary/aromatic N) is 1. The van der Waals surface area contributed by atoms with E-state index in [9.17, 15) is 0 Å². The molecule has 1 aromatic carbocycles. The molecular formula is C11H12BrN3. The van der Waals surface area contributed by atoms with Gasteiger partial charge in [0.25, 0.3) is 0 Å². The van der Waals surface area contributed by atoms with Gasteiger partial charge < -0.3 is 10.7 Å². The van der Waals surface area contributed by atoms with Crippen LogP contribution in [-0.2, 0) is 6.42 Å². The Morgan fingerprint density at radius 2 is 2.00 bits per heavy atom. The standard InChI is InChI=1S/C11H12BrN3/c12-9-3-1-8(2-4-9)11-10(5-6-13)14-7-15-11/h1-4,7H,5-6,13H2,(H,14,15). The number of hydrogen-bond donors (Lipinski definition) is 2. The van der Waals surface area contributed by atoms with E-state index < -0.39 is 0 Å². The summed E-state index contributed by atoms with van der Waals surface area (Å²) in [6.45, 7) is 0.631. The Balaban J connectivity index is 2.36. The maximum absolute atomic E-state index is 5.54. The van der Waals surface area contributed by atoms with Crippen LogP contribution in [0.25, 0.3) is 11.3 Å². The van der Waals surface area contributed by atoms with Gasteiger partial charge in [0.1, 0.15) is 0 Å². The second kappa shape index (κ2) is 4.59. The topological polar surface area (TPSA) is 54.7 Å². The van der Waals surface area contributed by atoms with Crippen molar-refractivity contribution in [3.05, 3.63) is 40.8 Å². The van der Waals surface area contributed by atoms with Crippen molar-refractivity contribution in [3.63, 3.8) is 0 Å². The summed E-state index contributed by atoms with van der Waals surface area (Å²) in [5.74, 6) is 0. The van der Waals surface area contributed by atoms with E-state index in [1.54, 1.807) is 6.33 Å². The lowest BCUT2D eigenvalue weighted by atomic mass is 10.1. The Morgan fingerprint density at radius 3 is 2.67 bits per heavy atom. The number of imidazole rings is 1. The van der Waals surface area contributed by atoms with Gasteiger partial charge >= 0.3 is 0 Å². The van der Waals surface area contributed by atoms with E-state index in [4.69, 9.17) is 5.73 Å². The van der Waals surface area contributed by atoms with Crippen LogP contribution in [0.2, 0.25) is 0 Å². The Labute approximate surface area is 96.9 Å². The average molecular weight is 266 g/mol. The van der Waals surface area contributed by atoms with Crippen LogP contribution in [0.15, 0.2) is 35.1 Å². The largest absolute Gasteiger partial charge is 0.348 e. The number of H-pyrrole nitrogens is 1. The molecule has 4 heteroatoms. The molecule has 0 saturated heterocycles. The number of aromatic amines is 1. The fourth-order valence-electron chi connectivity index (χ4n) is 1.51. The third-order valence-corrected chi connectivity index (χ3v) is 2.76. The van der Waals surface area contributed by atoms with Gasteiger partial charge in [0.05, 0.1) is 12.0 Å². The average Bonchev–Trinajstić information content (AvgIpc) is 2.68. The summed E-state index contributed by atoms with van der Waals surface area (Å²) in [4.78, 5) is 7.43. The van der Waals surface area contributed by atoms with Crippen LogP contribution >= 0.6 is 15.9 Å². The maximum Gasteiger partial charge on any atom is 0.0929 e. The summed E-state index contributed by atoms with van der Waals surface area (Å²) in [7, 11) is 0. The van der Waals surface area contributed by atoms with Crippen molar-refractivity contribution < 1.29 is 0 Å². The Bertz CT molecular complexity index is 433. The van der Waals surface area contributed by atoms with Crippen LogP contribution in [0.4, 0.5) is 0 Å². The summed E-state index contributed by atoms with van der Waals surface area (Å²) in [6, 6.07) is 8.10. The van der Waals surface area contributed by atoms with Crippen molar-refractivity contribution in [1.29, 1.82) is 0 Å². The normalized spacial score (nSPS) is 10.5. The third kappa shape index (κ3) is 2.27. The summed E-state index contributed by atoms with van der Waals surface area (Å²) >= 11 is 3.41. The molecule has 0 radical (unpaired) electrons. The summed E-state index contributed by atoms with van der Waals surface area (Å²) in [5, 5.41) is 0. The van der Waals surface area contributed by atoms with Crippen molar-refractivity contribution in [2.45, 2.75) is 6.42 Å². The molecule has 0 bridgehead atoms. The highest BCUT2D eigenvalue weighted by molar-refractivity contribution is 9.10. The molecular weight excluding hydrogens is 254 g/mol. The van der Waals surface area contributed by atoms with E-state index in [0.29, 0.717) is 6.54 Å². The van der Waals surface area contributed by atoms with Gasteiger partial charge in [0.2, 0.25) is 0 Å². The van der Waals surface area contributed by atoms with Crippen LogP contribution in [0.5, 0.6) is 0 Å². The number of halogens is 1. The van der Waals surface area contributed by atoms with Gasteiger partial charge in [-0.1, -0.05) is 28.1 Å².